The maximum atomic E-state index is 13.0. The number of hydrogen-bond acceptors (Lipinski definition) is 3. The SMILES string of the molecule is CCN(CC)C(=O)c1cccc2c(=O)c(C)c(-c3ccc(C(C)(C)C)cc3)oc12. The zero-order valence-electron chi connectivity index (χ0n) is 18.1. The van der Waals surface area contributed by atoms with E-state index in [1.807, 2.05) is 26.0 Å². The second-order valence-electron chi connectivity index (χ2n) is 8.37. The molecular formula is C25H29NO3. The third-order valence-corrected chi connectivity index (χ3v) is 5.44. The van der Waals surface area contributed by atoms with Crippen LogP contribution in [0.25, 0.3) is 22.3 Å². The van der Waals surface area contributed by atoms with Crippen molar-refractivity contribution < 1.29 is 9.21 Å². The van der Waals surface area contributed by atoms with Gasteiger partial charge >= 0.3 is 0 Å². The van der Waals surface area contributed by atoms with Crippen molar-refractivity contribution in [3.8, 4) is 11.3 Å². The Morgan fingerprint density at radius 2 is 1.62 bits per heavy atom. The van der Waals surface area contributed by atoms with Gasteiger partial charge in [0, 0.05) is 24.2 Å². The van der Waals surface area contributed by atoms with E-state index >= 15 is 0 Å². The molecule has 152 valence electrons. The van der Waals surface area contributed by atoms with Gasteiger partial charge in [-0.05, 0) is 43.9 Å². The Kier molecular flexibility index (Phi) is 5.65. The highest BCUT2D eigenvalue weighted by molar-refractivity contribution is 6.05. The molecule has 0 aliphatic rings. The topological polar surface area (TPSA) is 50.5 Å². The molecule has 0 saturated heterocycles. The first-order valence-corrected chi connectivity index (χ1v) is 10.2. The van der Waals surface area contributed by atoms with Gasteiger partial charge in [-0.2, -0.15) is 0 Å². The van der Waals surface area contributed by atoms with Gasteiger partial charge in [-0.25, -0.2) is 0 Å². The Morgan fingerprint density at radius 1 is 1.00 bits per heavy atom. The summed E-state index contributed by atoms with van der Waals surface area (Å²) in [5.74, 6) is 0.393. The Hall–Kier alpha value is -2.88. The van der Waals surface area contributed by atoms with Crippen LogP contribution >= 0.6 is 0 Å². The molecule has 0 aliphatic carbocycles. The molecule has 2 aromatic carbocycles. The molecule has 0 aliphatic heterocycles. The molecule has 0 unspecified atom stereocenters. The number of fused-ring (bicyclic) bond motifs is 1. The molecule has 4 nitrogen and oxygen atoms in total. The number of hydrogen-bond donors (Lipinski definition) is 0. The van der Waals surface area contributed by atoms with Crippen LogP contribution in [-0.4, -0.2) is 23.9 Å². The lowest BCUT2D eigenvalue weighted by atomic mass is 9.86. The molecule has 3 aromatic rings. The molecule has 0 N–H and O–H groups in total. The number of nitrogens with zero attached hydrogens (tertiary/aromatic N) is 1. The molecule has 0 atom stereocenters. The fourth-order valence-electron chi connectivity index (χ4n) is 3.56. The first-order chi connectivity index (χ1) is 13.7. The summed E-state index contributed by atoms with van der Waals surface area (Å²) in [7, 11) is 0. The molecule has 0 fully saturated rings. The standard InChI is InChI=1S/C25H29NO3/c1-7-26(8-2)24(28)20-11-9-10-19-21(27)16(3)22(29-23(19)20)17-12-14-18(15-13-17)25(4,5)6/h9-15H,7-8H2,1-6H3. The van der Waals surface area contributed by atoms with Crippen LogP contribution in [0.2, 0.25) is 0 Å². The lowest BCUT2D eigenvalue weighted by Crippen LogP contribution is -2.30. The van der Waals surface area contributed by atoms with Gasteiger partial charge in [-0.15, -0.1) is 0 Å². The molecule has 3 rings (SSSR count). The fraction of sp³-hybridized carbons (Fsp3) is 0.360. The van der Waals surface area contributed by atoms with Gasteiger partial charge in [0.1, 0.15) is 5.76 Å². The van der Waals surface area contributed by atoms with Crippen LogP contribution in [0.1, 0.15) is 56.1 Å². The van der Waals surface area contributed by atoms with Crippen LogP contribution < -0.4 is 5.43 Å². The number of benzene rings is 2. The van der Waals surface area contributed by atoms with E-state index in [1.165, 1.54) is 5.56 Å². The van der Waals surface area contributed by atoms with E-state index in [4.69, 9.17) is 4.42 Å². The van der Waals surface area contributed by atoms with Gasteiger partial charge in [0.2, 0.25) is 0 Å². The minimum Gasteiger partial charge on any atom is -0.455 e. The summed E-state index contributed by atoms with van der Waals surface area (Å²) in [4.78, 5) is 27.8. The second-order valence-corrected chi connectivity index (χ2v) is 8.37. The third kappa shape index (κ3) is 3.84. The predicted octanol–water partition coefficient (Wildman–Crippen LogP) is 5.55. The quantitative estimate of drug-likeness (QED) is 0.586. The van der Waals surface area contributed by atoms with Crippen molar-refractivity contribution in [2.75, 3.05) is 13.1 Å². The average Bonchev–Trinajstić information content (AvgIpc) is 2.70. The van der Waals surface area contributed by atoms with Crippen LogP contribution in [0.3, 0.4) is 0 Å². The molecule has 0 radical (unpaired) electrons. The van der Waals surface area contributed by atoms with E-state index in [0.29, 0.717) is 40.9 Å². The van der Waals surface area contributed by atoms with E-state index in [-0.39, 0.29) is 16.8 Å². The number of carbonyl (C=O) groups is 1. The van der Waals surface area contributed by atoms with Crippen molar-refractivity contribution in [1.82, 2.24) is 4.90 Å². The monoisotopic (exact) mass is 391 g/mol. The molecule has 0 saturated carbocycles. The highest BCUT2D eigenvalue weighted by Gasteiger charge is 2.21. The number of para-hydroxylation sites is 1. The normalized spacial score (nSPS) is 11.7. The van der Waals surface area contributed by atoms with E-state index in [2.05, 4.69) is 32.9 Å². The first-order valence-electron chi connectivity index (χ1n) is 10.2. The van der Waals surface area contributed by atoms with Crippen LogP contribution in [0, 0.1) is 6.92 Å². The lowest BCUT2D eigenvalue weighted by Gasteiger charge is -2.20. The average molecular weight is 392 g/mol. The minimum atomic E-state index is -0.123. The van der Waals surface area contributed by atoms with Gasteiger partial charge in [0.15, 0.2) is 11.0 Å². The summed E-state index contributed by atoms with van der Waals surface area (Å²) < 4.78 is 6.23. The summed E-state index contributed by atoms with van der Waals surface area (Å²) in [6, 6.07) is 13.3. The predicted molar refractivity (Wildman–Crippen MR) is 119 cm³/mol. The second kappa shape index (κ2) is 7.86. The van der Waals surface area contributed by atoms with E-state index in [0.717, 1.165) is 5.56 Å². The molecule has 4 heteroatoms. The molecular weight excluding hydrogens is 362 g/mol. The molecule has 0 spiro atoms. The molecule has 0 bridgehead atoms. The summed E-state index contributed by atoms with van der Waals surface area (Å²) >= 11 is 0. The van der Waals surface area contributed by atoms with Crippen LogP contribution in [-0.2, 0) is 5.41 Å². The van der Waals surface area contributed by atoms with Gasteiger partial charge in [0.25, 0.3) is 5.91 Å². The van der Waals surface area contributed by atoms with E-state index in [9.17, 15) is 9.59 Å². The van der Waals surface area contributed by atoms with Crippen molar-refractivity contribution in [3.63, 3.8) is 0 Å². The summed E-state index contributed by atoms with van der Waals surface area (Å²) in [6.45, 7) is 13.3. The van der Waals surface area contributed by atoms with Crippen molar-refractivity contribution >= 4 is 16.9 Å². The minimum absolute atomic E-state index is 0.0428. The number of rotatable bonds is 4. The van der Waals surface area contributed by atoms with Crippen LogP contribution in [0.5, 0.6) is 0 Å². The van der Waals surface area contributed by atoms with Crippen LogP contribution in [0.4, 0.5) is 0 Å². The van der Waals surface area contributed by atoms with Gasteiger partial charge < -0.3 is 9.32 Å². The highest BCUT2D eigenvalue weighted by Crippen LogP contribution is 2.30. The summed E-state index contributed by atoms with van der Waals surface area (Å²) in [5.41, 5.74) is 3.31. The van der Waals surface area contributed by atoms with Gasteiger partial charge in [-0.1, -0.05) is 51.1 Å². The molecule has 29 heavy (non-hydrogen) atoms. The first kappa shape index (κ1) is 20.8. The van der Waals surface area contributed by atoms with Gasteiger partial charge in [-0.3, -0.25) is 9.59 Å². The Bertz CT molecular complexity index is 1100. The maximum Gasteiger partial charge on any atom is 0.257 e. The summed E-state index contributed by atoms with van der Waals surface area (Å²) in [6.07, 6.45) is 0. The largest absolute Gasteiger partial charge is 0.455 e. The Balaban J connectivity index is 2.22. The Morgan fingerprint density at radius 3 is 2.17 bits per heavy atom. The molecule has 1 amide bonds. The smallest absolute Gasteiger partial charge is 0.257 e. The van der Waals surface area contributed by atoms with E-state index < -0.39 is 0 Å². The van der Waals surface area contributed by atoms with Crippen molar-refractivity contribution in [2.45, 2.75) is 47.0 Å². The number of amides is 1. The maximum absolute atomic E-state index is 13.0. The highest BCUT2D eigenvalue weighted by atomic mass is 16.3. The summed E-state index contributed by atoms with van der Waals surface area (Å²) in [5, 5.41) is 0.440. The fourth-order valence-corrected chi connectivity index (χ4v) is 3.56. The molecule has 1 heterocycles. The Labute approximate surface area is 172 Å². The van der Waals surface area contributed by atoms with Crippen molar-refractivity contribution in [1.29, 1.82) is 0 Å². The van der Waals surface area contributed by atoms with Crippen molar-refractivity contribution in [2.24, 2.45) is 0 Å². The number of carbonyl (C=O) groups excluding carboxylic acids is 1. The zero-order chi connectivity index (χ0) is 21.3. The van der Waals surface area contributed by atoms with Crippen molar-refractivity contribution in [3.05, 3.63) is 69.4 Å². The van der Waals surface area contributed by atoms with Gasteiger partial charge in [0.05, 0.1) is 10.9 Å². The van der Waals surface area contributed by atoms with E-state index in [1.54, 1.807) is 30.0 Å². The lowest BCUT2D eigenvalue weighted by molar-refractivity contribution is 0.0774. The molecule has 1 aromatic heterocycles. The third-order valence-electron chi connectivity index (χ3n) is 5.44. The zero-order valence-corrected chi connectivity index (χ0v) is 18.1. The van der Waals surface area contributed by atoms with Crippen LogP contribution in [0.15, 0.2) is 51.7 Å².